The van der Waals surface area contributed by atoms with Crippen molar-refractivity contribution in [3.8, 4) is 0 Å². The normalized spacial score (nSPS) is 10.6. The molecule has 0 spiro atoms. The van der Waals surface area contributed by atoms with Gasteiger partial charge in [-0.2, -0.15) is 0 Å². The molecule has 2 heterocycles. The van der Waals surface area contributed by atoms with E-state index >= 15 is 0 Å². The molecule has 0 radical (unpaired) electrons. The van der Waals surface area contributed by atoms with Gasteiger partial charge in [0, 0.05) is 23.7 Å². The van der Waals surface area contributed by atoms with E-state index in [1.807, 2.05) is 13.8 Å². The molecule has 0 unspecified atom stereocenters. The zero-order valence-corrected chi connectivity index (χ0v) is 12.6. The number of hydrogen-bond donors (Lipinski definition) is 2. The average Bonchev–Trinajstić information content (AvgIpc) is 2.84. The van der Waals surface area contributed by atoms with E-state index < -0.39 is 0 Å². The number of carbonyl (C=O) groups excluding carboxylic acids is 1. The maximum absolute atomic E-state index is 12.2. The highest BCUT2D eigenvalue weighted by Crippen LogP contribution is 2.21. The van der Waals surface area contributed by atoms with Crippen molar-refractivity contribution >= 4 is 17.2 Å². The van der Waals surface area contributed by atoms with Gasteiger partial charge in [0.1, 0.15) is 0 Å². The molecule has 21 heavy (non-hydrogen) atoms. The molecule has 0 saturated heterocycles. The van der Waals surface area contributed by atoms with Crippen molar-refractivity contribution in [2.75, 3.05) is 0 Å². The predicted molar refractivity (Wildman–Crippen MR) is 80.4 cm³/mol. The molecular weight excluding hydrogens is 292 g/mol. The van der Waals surface area contributed by atoms with Gasteiger partial charge in [0.2, 0.25) is 0 Å². The molecule has 112 valence electrons. The molecule has 2 rings (SSSR count). The minimum absolute atomic E-state index is 0.138. The maximum atomic E-state index is 12.2. The first kappa shape index (κ1) is 15.2. The zero-order chi connectivity index (χ0) is 15.6. The quantitative estimate of drug-likeness (QED) is 0.473. The summed E-state index contributed by atoms with van der Waals surface area (Å²) in [7, 11) is 0. The topological polar surface area (TPSA) is 99.1 Å². The molecule has 0 aliphatic rings. The Balaban J connectivity index is 2.44. The number of nitrogens with two attached hydrogens (primary N) is 1. The van der Waals surface area contributed by atoms with Crippen LogP contribution in [-0.2, 0) is 13.1 Å². The Labute approximate surface area is 124 Å². The summed E-state index contributed by atoms with van der Waals surface area (Å²) in [5, 5.41) is 0. The van der Waals surface area contributed by atoms with E-state index in [1.165, 1.54) is 28.2 Å². The van der Waals surface area contributed by atoms with Crippen molar-refractivity contribution in [2.45, 2.75) is 26.9 Å². The second-order valence-electron chi connectivity index (χ2n) is 4.47. The molecule has 2 aromatic heterocycles. The van der Waals surface area contributed by atoms with Crippen molar-refractivity contribution in [3.05, 3.63) is 54.5 Å². The fourth-order valence-electron chi connectivity index (χ4n) is 1.97. The van der Waals surface area contributed by atoms with Crippen LogP contribution in [0.4, 0.5) is 0 Å². The molecule has 2 aromatic rings. The van der Waals surface area contributed by atoms with Crippen LogP contribution in [0.2, 0.25) is 0 Å². The number of amides is 1. The van der Waals surface area contributed by atoms with Crippen molar-refractivity contribution in [2.24, 2.45) is 5.84 Å². The number of hydrazine groups is 1. The highest BCUT2D eigenvalue weighted by atomic mass is 32.1. The lowest BCUT2D eigenvalue weighted by Gasteiger charge is -2.07. The fourth-order valence-corrected chi connectivity index (χ4v) is 2.91. The van der Waals surface area contributed by atoms with Crippen LogP contribution in [0.5, 0.6) is 0 Å². The second-order valence-corrected chi connectivity index (χ2v) is 5.73. The summed E-state index contributed by atoms with van der Waals surface area (Å²) < 4.78 is 2.61. The van der Waals surface area contributed by atoms with Crippen LogP contribution < -0.4 is 22.5 Å². The molecule has 0 bridgehead atoms. The van der Waals surface area contributed by atoms with E-state index in [0.717, 1.165) is 15.0 Å². The summed E-state index contributed by atoms with van der Waals surface area (Å²) >= 11 is 1.27. The third-order valence-electron chi connectivity index (χ3n) is 3.18. The highest BCUT2D eigenvalue weighted by Gasteiger charge is 2.13. The van der Waals surface area contributed by atoms with Gasteiger partial charge in [0.25, 0.3) is 11.5 Å². The number of aromatic nitrogens is 2. The van der Waals surface area contributed by atoms with Crippen molar-refractivity contribution < 1.29 is 4.79 Å². The molecule has 8 heteroatoms. The summed E-state index contributed by atoms with van der Waals surface area (Å²) in [4.78, 5) is 36.9. The van der Waals surface area contributed by atoms with Crippen molar-refractivity contribution in [3.63, 3.8) is 0 Å². The van der Waals surface area contributed by atoms with E-state index in [0.29, 0.717) is 11.4 Å². The molecule has 0 aromatic carbocycles. The van der Waals surface area contributed by atoms with Gasteiger partial charge >= 0.3 is 5.69 Å². The molecule has 0 aliphatic carbocycles. The summed E-state index contributed by atoms with van der Waals surface area (Å²) in [6.07, 6.45) is 1.48. The van der Waals surface area contributed by atoms with Crippen LogP contribution in [0, 0.1) is 6.92 Å². The van der Waals surface area contributed by atoms with Gasteiger partial charge in [-0.15, -0.1) is 11.3 Å². The lowest BCUT2D eigenvalue weighted by molar-refractivity contribution is 0.0957. The highest BCUT2D eigenvalue weighted by molar-refractivity contribution is 7.14. The summed E-state index contributed by atoms with van der Waals surface area (Å²) in [6, 6.07) is 3.01. The van der Waals surface area contributed by atoms with Crippen LogP contribution in [0.3, 0.4) is 0 Å². The first-order valence-corrected chi connectivity index (χ1v) is 7.20. The largest absolute Gasteiger partial charge is 0.331 e. The van der Waals surface area contributed by atoms with Crippen LogP contribution in [0.15, 0.2) is 27.9 Å². The Bertz CT molecular complexity index is 787. The fraction of sp³-hybridized carbons (Fsp3) is 0.308. The number of nitrogens with zero attached hydrogens (tertiary/aromatic N) is 2. The smallest absolute Gasteiger partial charge is 0.301 e. The van der Waals surface area contributed by atoms with Crippen LogP contribution in [0.1, 0.15) is 27.0 Å². The van der Waals surface area contributed by atoms with Crippen LogP contribution >= 0.6 is 11.3 Å². The summed E-state index contributed by atoms with van der Waals surface area (Å²) in [6.45, 7) is 4.29. The Kier molecular flexibility index (Phi) is 4.39. The first-order chi connectivity index (χ1) is 9.97. The van der Waals surface area contributed by atoms with Crippen molar-refractivity contribution in [1.29, 1.82) is 0 Å². The van der Waals surface area contributed by atoms with E-state index in [2.05, 4.69) is 5.43 Å². The summed E-state index contributed by atoms with van der Waals surface area (Å²) in [5.74, 6) is 4.71. The Morgan fingerprint density at radius 3 is 2.76 bits per heavy atom. The van der Waals surface area contributed by atoms with Crippen LogP contribution in [-0.4, -0.2) is 15.0 Å². The lowest BCUT2D eigenvalue weighted by Crippen LogP contribution is -2.39. The number of rotatable bonds is 4. The molecule has 0 fully saturated rings. The predicted octanol–water partition coefficient (Wildman–Crippen LogP) is 0.0516. The van der Waals surface area contributed by atoms with E-state index in [-0.39, 0.29) is 23.7 Å². The molecule has 0 aliphatic heterocycles. The molecular formula is C13H16N4O3S. The minimum Gasteiger partial charge on any atom is -0.301 e. The number of hydrogen-bond acceptors (Lipinski definition) is 5. The summed E-state index contributed by atoms with van der Waals surface area (Å²) in [5.41, 5.74) is 2.10. The first-order valence-electron chi connectivity index (χ1n) is 6.38. The SMILES string of the molecule is CCn1ccc(=O)n(Cc2cc(C(=O)NN)sc2C)c1=O. The number of aryl methyl sites for hydroxylation is 2. The minimum atomic E-state index is -0.388. The Morgan fingerprint density at radius 1 is 1.43 bits per heavy atom. The maximum Gasteiger partial charge on any atom is 0.331 e. The third kappa shape index (κ3) is 2.96. The van der Waals surface area contributed by atoms with Crippen LogP contribution in [0.25, 0.3) is 0 Å². The van der Waals surface area contributed by atoms with E-state index in [9.17, 15) is 14.4 Å². The Hall–Kier alpha value is -2.19. The van der Waals surface area contributed by atoms with Gasteiger partial charge in [-0.25, -0.2) is 10.6 Å². The van der Waals surface area contributed by atoms with Gasteiger partial charge in [-0.3, -0.25) is 19.6 Å². The average molecular weight is 308 g/mol. The zero-order valence-electron chi connectivity index (χ0n) is 11.8. The standard InChI is InChI=1S/C13H16N4O3S/c1-3-16-5-4-11(18)17(13(16)20)7-9-6-10(12(19)15-14)21-8(9)2/h4-6H,3,7,14H2,1-2H3,(H,15,19). The number of nitrogen functional groups attached to an aromatic ring is 1. The molecule has 3 N–H and O–H groups in total. The van der Waals surface area contributed by atoms with Crippen molar-refractivity contribution in [1.82, 2.24) is 14.6 Å². The van der Waals surface area contributed by atoms with Gasteiger partial charge in [0.15, 0.2) is 0 Å². The molecule has 1 amide bonds. The van der Waals surface area contributed by atoms with E-state index in [1.54, 1.807) is 6.07 Å². The third-order valence-corrected chi connectivity index (χ3v) is 4.28. The van der Waals surface area contributed by atoms with Gasteiger partial charge in [0.05, 0.1) is 11.4 Å². The van der Waals surface area contributed by atoms with Gasteiger partial charge in [-0.05, 0) is 25.5 Å². The Morgan fingerprint density at radius 2 is 2.14 bits per heavy atom. The van der Waals surface area contributed by atoms with Gasteiger partial charge < -0.3 is 4.57 Å². The molecule has 0 saturated carbocycles. The lowest BCUT2D eigenvalue weighted by atomic mass is 10.2. The number of nitrogens with one attached hydrogen (secondary N) is 1. The van der Waals surface area contributed by atoms with Gasteiger partial charge in [-0.1, -0.05) is 0 Å². The molecule has 0 atom stereocenters. The van der Waals surface area contributed by atoms with E-state index in [4.69, 9.17) is 5.84 Å². The second kappa shape index (κ2) is 6.06. The monoisotopic (exact) mass is 308 g/mol. The molecule has 7 nitrogen and oxygen atoms in total. The number of thiophene rings is 1. The number of carbonyl (C=O) groups is 1.